The average Bonchev–Trinajstić information content (AvgIpc) is 2.64. The summed E-state index contributed by atoms with van der Waals surface area (Å²) >= 11 is 0. The first-order valence-corrected chi connectivity index (χ1v) is 7.39. The first-order chi connectivity index (χ1) is 12.0. The van der Waals surface area contributed by atoms with Gasteiger partial charge >= 0.3 is 11.9 Å². The Kier molecular flexibility index (Phi) is 6.38. The van der Waals surface area contributed by atoms with Crippen molar-refractivity contribution in [3.8, 4) is 0 Å². The number of amides is 1. The van der Waals surface area contributed by atoms with Crippen LogP contribution in [0, 0.1) is 10.1 Å². The second-order valence-corrected chi connectivity index (χ2v) is 5.13. The van der Waals surface area contributed by atoms with Crippen molar-refractivity contribution in [1.29, 1.82) is 0 Å². The monoisotopic (exact) mass is 347 g/mol. The van der Waals surface area contributed by atoms with Gasteiger partial charge in [-0.2, -0.15) is 0 Å². The van der Waals surface area contributed by atoms with Crippen LogP contribution >= 0.6 is 0 Å². The van der Waals surface area contributed by atoms with Crippen LogP contribution in [0.15, 0.2) is 48.7 Å². The van der Waals surface area contributed by atoms with Crippen LogP contribution in [-0.2, 0) is 11.3 Å². The fraction of sp³-hybridized carbons (Fsp3) is 0.250. The number of aliphatic hydroxyl groups is 2. The highest BCUT2D eigenvalue weighted by Gasteiger charge is 2.27. The molecule has 0 aliphatic heterocycles. The fourth-order valence-electron chi connectivity index (χ4n) is 2.07. The zero-order valence-corrected chi connectivity index (χ0v) is 13.1. The van der Waals surface area contributed by atoms with E-state index in [1.54, 1.807) is 24.3 Å². The van der Waals surface area contributed by atoms with E-state index in [1.165, 1.54) is 18.3 Å². The minimum atomic E-state index is -1.58. The van der Waals surface area contributed by atoms with Crippen molar-refractivity contribution >= 4 is 11.9 Å². The lowest BCUT2D eigenvalue weighted by atomic mass is 10.1. The molecule has 0 bridgehead atoms. The zero-order valence-electron chi connectivity index (χ0n) is 13.1. The van der Waals surface area contributed by atoms with Crippen LogP contribution in [0.4, 0.5) is 10.6 Å². The number of pyridine rings is 1. The van der Waals surface area contributed by atoms with Gasteiger partial charge in [-0.05, 0) is 27.6 Å². The number of hydrogen-bond acceptors (Lipinski definition) is 7. The molecular weight excluding hydrogens is 330 g/mol. The SMILES string of the molecule is O=C(NCC(O)C(O)c1cccnc1[N+](=O)[O-])OCc1ccccc1. The molecule has 0 saturated heterocycles. The summed E-state index contributed by atoms with van der Waals surface area (Å²) in [6.45, 7) is -0.291. The standard InChI is InChI=1S/C16H17N3O6/c20-13(14(21)12-7-4-8-17-15(12)19(23)24)9-18-16(22)25-10-11-5-2-1-3-6-11/h1-8,13-14,20-21H,9-10H2,(H,18,22). The quantitative estimate of drug-likeness (QED) is 0.507. The Morgan fingerprint density at radius 2 is 1.96 bits per heavy atom. The van der Waals surface area contributed by atoms with Crippen molar-refractivity contribution in [1.82, 2.24) is 10.3 Å². The number of hydrogen-bond donors (Lipinski definition) is 3. The maximum atomic E-state index is 11.6. The van der Waals surface area contributed by atoms with Crippen molar-refractivity contribution in [2.24, 2.45) is 0 Å². The van der Waals surface area contributed by atoms with E-state index in [4.69, 9.17) is 4.74 Å². The van der Waals surface area contributed by atoms with Crippen molar-refractivity contribution < 1.29 is 24.7 Å². The van der Waals surface area contributed by atoms with Gasteiger partial charge in [-0.15, -0.1) is 0 Å². The highest BCUT2D eigenvalue weighted by molar-refractivity contribution is 5.67. The number of alkyl carbamates (subject to hydrolysis) is 1. The third kappa shape index (κ3) is 5.23. The van der Waals surface area contributed by atoms with Crippen LogP contribution in [0.3, 0.4) is 0 Å². The molecule has 0 saturated carbocycles. The van der Waals surface area contributed by atoms with Gasteiger partial charge in [0.2, 0.25) is 0 Å². The van der Waals surface area contributed by atoms with Crippen LogP contribution in [-0.4, -0.2) is 38.9 Å². The number of nitro groups is 1. The molecular formula is C16H17N3O6. The second-order valence-electron chi connectivity index (χ2n) is 5.13. The Balaban J connectivity index is 1.86. The smallest absolute Gasteiger partial charge is 0.407 e. The van der Waals surface area contributed by atoms with E-state index < -0.39 is 29.0 Å². The van der Waals surface area contributed by atoms with Gasteiger partial charge in [0, 0.05) is 6.54 Å². The summed E-state index contributed by atoms with van der Waals surface area (Å²) in [5, 5.41) is 33.2. The van der Waals surface area contributed by atoms with Crippen molar-refractivity contribution in [2.75, 3.05) is 6.54 Å². The Bertz CT molecular complexity index is 725. The third-order valence-electron chi connectivity index (χ3n) is 3.34. The summed E-state index contributed by atoms with van der Waals surface area (Å²) in [6, 6.07) is 11.7. The Labute approximate surface area is 143 Å². The van der Waals surface area contributed by atoms with Crippen LogP contribution in [0.25, 0.3) is 0 Å². The van der Waals surface area contributed by atoms with Crippen LogP contribution in [0.2, 0.25) is 0 Å². The van der Waals surface area contributed by atoms with Gasteiger partial charge in [0.05, 0.1) is 5.56 Å². The number of carbonyl (C=O) groups is 1. The molecule has 2 aromatic rings. The number of ether oxygens (including phenoxy) is 1. The normalized spacial score (nSPS) is 12.9. The lowest BCUT2D eigenvalue weighted by molar-refractivity contribution is -0.391. The maximum absolute atomic E-state index is 11.6. The van der Waals surface area contributed by atoms with E-state index in [9.17, 15) is 25.1 Å². The zero-order chi connectivity index (χ0) is 18.2. The van der Waals surface area contributed by atoms with Gasteiger partial charge in [0.25, 0.3) is 0 Å². The molecule has 1 amide bonds. The number of aliphatic hydroxyl groups excluding tert-OH is 2. The van der Waals surface area contributed by atoms with Gasteiger partial charge in [-0.25, -0.2) is 4.79 Å². The molecule has 0 radical (unpaired) electrons. The van der Waals surface area contributed by atoms with Crippen LogP contribution in [0.1, 0.15) is 17.2 Å². The molecule has 9 nitrogen and oxygen atoms in total. The fourth-order valence-corrected chi connectivity index (χ4v) is 2.07. The van der Waals surface area contributed by atoms with Crippen molar-refractivity contribution in [2.45, 2.75) is 18.8 Å². The number of rotatable bonds is 7. The van der Waals surface area contributed by atoms with E-state index >= 15 is 0 Å². The lowest BCUT2D eigenvalue weighted by Gasteiger charge is -2.18. The van der Waals surface area contributed by atoms with Gasteiger partial charge < -0.3 is 30.4 Å². The van der Waals surface area contributed by atoms with Gasteiger partial charge in [0.15, 0.2) is 0 Å². The molecule has 1 aromatic carbocycles. The third-order valence-corrected chi connectivity index (χ3v) is 3.34. The van der Waals surface area contributed by atoms with Crippen molar-refractivity contribution in [3.63, 3.8) is 0 Å². The van der Waals surface area contributed by atoms with Crippen LogP contribution in [0.5, 0.6) is 0 Å². The Hall–Kier alpha value is -3.04. The molecule has 3 N–H and O–H groups in total. The molecule has 0 aliphatic rings. The van der Waals surface area contributed by atoms with E-state index in [-0.39, 0.29) is 18.7 Å². The summed E-state index contributed by atoms with van der Waals surface area (Å²) in [7, 11) is 0. The molecule has 25 heavy (non-hydrogen) atoms. The van der Waals surface area contributed by atoms with Gasteiger partial charge in [-0.3, -0.25) is 0 Å². The topological polar surface area (TPSA) is 135 Å². The highest BCUT2D eigenvalue weighted by Crippen LogP contribution is 2.24. The number of carbonyl (C=O) groups excluding carboxylic acids is 1. The number of benzene rings is 1. The number of nitrogens with one attached hydrogen (secondary N) is 1. The highest BCUT2D eigenvalue weighted by atomic mass is 16.6. The van der Waals surface area contributed by atoms with E-state index in [0.717, 1.165) is 5.56 Å². The lowest BCUT2D eigenvalue weighted by Crippen LogP contribution is -2.36. The number of aromatic nitrogens is 1. The van der Waals surface area contributed by atoms with Crippen LogP contribution < -0.4 is 5.32 Å². The molecule has 2 unspecified atom stereocenters. The molecule has 0 spiro atoms. The number of nitrogens with zero attached hydrogens (tertiary/aromatic N) is 2. The minimum Gasteiger partial charge on any atom is -0.445 e. The summed E-state index contributed by atoms with van der Waals surface area (Å²) in [5.74, 6) is -0.555. The first-order valence-electron chi connectivity index (χ1n) is 7.39. The molecule has 1 aromatic heterocycles. The molecule has 2 rings (SSSR count). The molecule has 9 heteroatoms. The van der Waals surface area contributed by atoms with Crippen molar-refractivity contribution in [3.05, 3.63) is 69.9 Å². The molecule has 0 aliphatic carbocycles. The summed E-state index contributed by atoms with van der Waals surface area (Å²) in [4.78, 5) is 25.3. The molecule has 1 heterocycles. The predicted molar refractivity (Wildman–Crippen MR) is 86.5 cm³/mol. The molecule has 132 valence electrons. The molecule has 0 fully saturated rings. The second kappa shape index (κ2) is 8.71. The summed E-state index contributed by atoms with van der Waals surface area (Å²) in [5.41, 5.74) is 0.656. The molecule has 2 atom stereocenters. The van der Waals surface area contributed by atoms with Gasteiger partial charge in [-0.1, -0.05) is 30.3 Å². The van der Waals surface area contributed by atoms with E-state index in [1.807, 2.05) is 6.07 Å². The van der Waals surface area contributed by atoms with Gasteiger partial charge in [0.1, 0.15) is 25.0 Å². The largest absolute Gasteiger partial charge is 0.445 e. The minimum absolute atomic E-state index is 0.0550. The Morgan fingerprint density at radius 1 is 1.24 bits per heavy atom. The summed E-state index contributed by atoms with van der Waals surface area (Å²) in [6.07, 6.45) is -2.62. The maximum Gasteiger partial charge on any atom is 0.407 e. The Morgan fingerprint density at radius 3 is 2.64 bits per heavy atom. The predicted octanol–water partition coefficient (Wildman–Crippen LogP) is 1.31. The van der Waals surface area contributed by atoms with E-state index in [2.05, 4.69) is 10.3 Å². The van der Waals surface area contributed by atoms with E-state index in [0.29, 0.717) is 0 Å². The average molecular weight is 347 g/mol. The first kappa shape index (κ1) is 18.3. The summed E-state index contributed by atoms with van der Waals surface area (Å²) < 4.78 is 4.96.